The monoisotopic (exact) mass is 383 g/mol. The number of amides is 1. The summed E-state index contributed by atoms with van der Waals surface area (Å²) in [6.45, 7) is 5.22. The van der Waals surface area contributed by atoms with Crippen LogP contribution in [-0.2, 0) is 19.5 Å². The first-order chi connectivity index (χ1) is 14.1. The van der Waals surface area contributed by atoms with Gasteiger partial charge in [-0.1, -0.05) is 60.2 Å². The van der Waals surface area contributed by atoms with Gasteiger partial charge in [0.2, 0.25) is 0 Å². The molecular weight excluding hydrogens is 358 g/mol. The highest BCUT2D eigenvalue weighted by atomic mass is 16.1. The molecule has 1 N–H and O–H groups in total. The maximum atomic E-state index is 12.7. The predicted octanol–water partition coefficient (Wildman–Crippen LogP) is 4.83. The van der Waals surface area contributed by atoms with E-state index in [1.54, 1.807) is 0 Å². The fraction of sp³-hybridized carbons (Fsp3) is 0.200. The summed E-state index contributed by atoms with van der Waals surface area (Å²) >= 11 is 0. The van der Waals surface area contributed by atoms with E-state index in [2.05, 4.69) is 40.2 Å². The molecule has 4 nitrogen and oxygen atoms in total. The van der Waals surface area contributed by atoms with E-state index in [9.17, 15) is 4.79 Å². The minimum Gasteiger partial charge on any atom is -0.345 e. The number of carbonyl (C=O) groups excluding carboxylic acids is 1. The molecule has 0 saturated carbocycles. The van der Waals surface area contributed by atoms with Crippen molar-refractivity contribution in [1.29, 1.82) is 0 Å². The van der Waals surface area contributed by atoms with E-state index >= 15 is 0 Å². The van der Waals surface area contributed by atoms with Gasteiger partial charge in [0.15, 0.2) is 0 Å². The number of hydrogen-bond donors (Lipinski definition) is 1. The van der Waals surface area contributed by atoms with Crippen LogP contribution in [0.5, 0.6) is 0 Å². The number of carbonyl (C=O) groups is 1. The van der Waals surface area contributed by atoms with Gasteiger partial charge in [-0.25, -0.2) is 4.98 Å². The van der Waals surface area contributed by atoms with Crippen molar-refractivity contribution in [2.75, 3.05) is 0 Å². The average molecular weight is 383 g/mol. The molecule has 0 atom stereocenters. The van der Waals surface area contributed by atoms with E-state index in [4.69, 9.17) is 4.98 Å². The summed E-state index contributed by atoms with van der Waals surface area (Å²) in [5.41, 5.74) is 6.19. The number of rotatable bonds is 6. The van der Waals surface area contributed by atoms with Crippen LogP contribution in [0.25, 0.3) is 11.0 Å². The zero-order valence-corrected chi connectivity index (χ0v) is 16.9. The molecule has 3 aromatic carbocycles. The summed E-state index contributed by atoms with van der Waals surface area (Å²) in [4.78, 5) is 17.5. The number of para-hydroxylation sites is 2. The van der Waals surface area contributed by atoms with Crippen molar-refractivity contribution in [3.8, 4) is 0 Å². The predicted molar refractivity (Wildman–Crippen MR) is 117 cm³/mol. The molecule has 1 heterocycles. The Labute approximate surface area is 171 Å². The standard InChI is InChI=1S/C25H25N3O/c1-18-12-13-21(19(2)16-18)25(29)26-17-24-27-22-10-6-7-11-23(22)28(24)15-14-20-8-4-3-5-9-20/h3-13,16H,14-15,17H2,1-2H3,(H,26,29). The summed E-state index contributed by atoms with van der Waals surface area (Å²) in [7, 11) is 0. The number of benzene rings is 3. The SMILES string of the molecule is Cc1ccc(C(=O)NCc2nc3ccccc3n2CCc2ccccc2)c(C)c1. The van der Waals surface area contributed by atoms with Gasteiger partial charge in [-0.2, -0.15) is 0 Å². The van der Waals surface area contributed by atoms with Gasteiger partial charge < -0.3 is 9.88 Å². The van der Waals surface area contributed by atoms with Crippen LogP contribution in [0.2, 0.25) is 0 Å². The van der Waals surface area contributed by atoms with E-state index < -0.39 is 0 Å². The van der Waals surface area contributed by atoms with Crippen molar-refractivity contribution in [3.63, 3.8) is 0 Å². The van der Waals surface area contributed by atoms with Crippen molar-refractivity contribution in [2.45, 2.75) is 33.4 Å². The molecule has 0 radical (unpaired) electrons. The van der Waals surface area contributed by atoms with Crippen LogP contribution in [0, 0.1) is 13.8 Å². The van der Waals surface area contributed by atoms with Gasteiger partial charge in [0.1, 0.15) is 5.82 Å². The summed E-state index contributed by atoms with van der Waals surface area (Å²) in [5.74, 6) is 0.810. The van der Waals surface area contributed by atoms with Gasteiger partial charge in [0.05, 0.1) is 17.6 Å². The molecule has 0 aliphatic heterocycles. The molecule has 4 aromatic rings. The minimum atomic E-state index is -0.0656. The van der Waals surface area contributed by atoms with Crippen molar-refractivity contribution < 1.29 is 4.79 Å². The Morgan fingerprint density at radius 3 is 2.52 bits per heavy atom. The van der Waals surface area contributed by atoms with E-state index in [-0.39, 0.29) is 5.91 Å². The Morgan fingerprint density at radius 1 is 0.966 bits per heavy atom. The number of nitrogens with one attached hydrogen (secondary N) is 1. The molecule has 146 valence electrons. The first-order valence-corrected chi connectivity index (χ1v) is 9.95. The minimum absolute atomic E-state index is 0.0656. The third-order valence-corrected chi connectivity index (χ3v) is 5.23. The van der Waals surface area contributed by atoms with E-state index in [0.717, 1.165) is 41.0 Å². The van der Waals surface area contributed by atoms with Crippen molar-refractivity contribution in [2.24, 2.45) is 0 Å². The molecule has 4 heteroatoms. The number of nitrogens with zero attached hydrogens (tertiary/aromatic N) is 2. The fourth-order valence-electron chi connectivity index (χ4n) is 3.72. The average Bonchev–Trinajstić information content (AvgIpc) is 3.09. The van der Waals surface area contributed by atoms with E-state index in [1.807, 2.05) is 56.3 Å². The molecule has 0 fully saturated rings. The lowest BCUT2D eigenvalue weighted by atomic mass is 10.1. The summed E-state index contributed by atoms with van der Waals surface area (Å²) in [6.07, 6.45) is 0.916. The maximum Gasteiger partial charge on any atom is 0.251 e. The third kappa shape index (κ3) is 4.21. The first kappa shape index (κ1) is 18.9. The molecule has 0 unspecified atom stereocenters. The van der Waals surface area contributed by atoms with E-state index in [0.29, 0.717) is 12.1 Å². The number of fused-ring (bicyclic) bond motifs is 1. The van der Waals surface area contributed by atoms with Crippen molar-refractivity contribution >= 4 is 16.9 Å². The number of aromatic nitrogens is 2. The molecule has 0 aliphatic carbocycles. The molecular formula is C25H25N3O. The Kier molecular flexibility index (Phi) is 5.43. The molecule has 0 bridgehead atoms. The van der Waals surface area contributed by atoms with Gasteiger partial charge in [0, 0.05) is 12.1 Å². The van der Waals surface area contributed by atoms with Crippen LogP contribution in [0.4, 0.5) is 0 Å². The lowest BCUT2D eigenvalue weighted by Crippen LogP contribution is -2.25. The molecule has 0 saturated heterocycles. The second-order valence-corrected chi connectivity index (χ2v) is 7.41. The van der Waals surface area contributed by atoms with Crippen molar-refractivity contribution in [1.82, 2.24) is 14.9 Å². The molecule has 0 aliphatic rings. The number of imidazole rings is 1. The van der Waals surface area contributed by atoms with Crippen molar-refractivity contribution in [3.05, 3.63) is 101 Å². The van der Waals surface area contributed by atoms with Crippen LogP contribution in [-0.4, -0.2) is 15.5 Å². The smallest absolute Gasteiger partial charge is 0.251 e. The second kappa shape index (κ2) is 8.31. The van der Waals surface area contributed by atoms with Crippen LogP contribution < -0.4 is 5.32 Å². The molecule has 1 aromatic heterocycles. The maximum absolute atomic E-state index is 12.7. The first-order valence-electron chi connectivity index (χ1n) is 9.95. The zero-order chi connectivity index (χ0) is 20.2. The van der Waals surface area contributed by atoms with Crippen LogP contribution in [0.1, 0.15) is 32.9 Å². The quantitative estimate of drug-likeness (QED) is 0.519. The third-order valence-electron chi connectivity index (χ3n) is 5.23. The summed E-state index contributed by atoms with van der Waals surface area (Å²) in [6, 6.07) is 24.5. The summed E-state index contributed by atoms with van der Waals surface area (Å²) in [5, 5.41) is 3.05. The number of hydrogen-bond acceptors (Lipinski definition) is 2. The highest BCUT2D eigenvalue weighted by Gasteiger charge is 2.13. The Morgan fingerprint density at radius 2 is 1.72 bits per heavy atom. The largest absolute Gasteiger partial charge is 0.345 e. The Bertz CT molecular complexity index is 1150. The van der Waals surface area contributed by atoms with Gasteiger partial charge >= 0.3 is 0 Å². The van der Waals surface area contributed by atoms with Crippen LogP contribution >= 0.6 is 0 Å². The van der Waals surface area contributed by atoms with E-state index in [1.165, 1.54) is 5.56 Å². The van der Waals surface area contributed by atoms with Crippen LogP contribution in [0.15, 0.2) is 72.8 Å². The lowest BCUT2D eigenvalue weighted by Gasteiger charge is -2.11. The second-order valence-electron chi connectivity index (χ2n) is 7.41. The Balaban J connectivity index is 1.55. The molecule has 0 spiro atoms. The van der Waals surface area contributed by atoms with Gasteiger partial charge in [-0.3, -0.25) is 4.79 Å². The molecule has 29 heavy (non-hydrogen) atoms. The Hall–Kier alpha value is -3.40. The van der Waals surface area contributed by atoms with Gasteiger partial charge in [-0.05, 0) is 49.6 Å². The highest BCUT2D eigenvalue weighted by Crippen LogP contribution is 2.18. The molecule has 1 amide bonds. The van der Waals surface area contributed by atoms with Crippen LogP contribution in [0.3, 0.4) is 0 Å². The van der Waals surface area contributed by atoms with Gasteiger partial charge in [0.25, 0.3) is 5.91 Å². The zero-order valence-electron chi connectivity index (χ0n) is 16.9. The van der Waals surface area contributed by atoms with Gasteiger partial charge in [-0.15, -0.1) is 0 Å². The number of aryl methyl sites for hydroxylation is 4. The summed E-state index contributed by atoms with van der Waals surface area (Å²) < 4.78 is 2.21. The normalized spacial score (nSPS) is 11.0. The fourth-order valence-corrected chi connectivity index (χ4v) is 3.72. The topological polar surface area (TPSA) is 46.9 Å². The molecule has 4 rings (SSSR count). The lowest BCUT2D eigenvalue weighted by molar-refractivity contribution is 0.0949. The highest BCUT2D eigenvalue weighted by molar-refractivity contribution is 5.95.